The van der Waals surface area contributed by atoms with Crippen molar-refractivity contribution in [2.75, 3.05) is 9.71 Å². The molecule has 1 aromatic heterocycles. The minimum absolute atomic E-state index is 0.0840. The Morgan fingerprint density at radius 3 is 2.08 bits per heavy atom. The van der Waals surface area contributed by atoms with Gasteiger partial charge in [-0.25, -0.2) is 0 Å². The minimum Gasteiger partial charge on any atom is -0.375 e. The first-order chi connectivity index (χ1) is 29.4. The van der Waals surface area contributed by atoms with Crippen molar-refractivity contribution in [3.05, 3.63) is 199 Å². The Balaban J connectivity index is 1.19. The summed E-state index contributed by atoms with van der Waals surface area (Å²) in [5.74, 6) is 0. The van der Waals surface area contributed by atoms with Gasteiger partial charge in [-0.3, -0.25) is 0 Å². The fourth-order valence-corrected chi connectivity index (χ4v) is 12.1. The molecule has 3 aliphatic rings. The first-order valence-electron chi connectivity index (χ1n) is 21.0. The van der Waals surface area contributed by atoms with E-state index in [0.717, 1.165) is 0 Å². The minimum atomic E-state index is -0.238. The standard InChI is InChI=1S/C56H39BN2S/c1-34-15-7-10-20-40(34)39-29-44-41-28-27-38(35-16-5-4-6-17-35)31-49(41)59(48-25-13-22-43-42-21-11-12-26-52(42)60-55(43)48)57-47-24-14-23-45-54(47)58(51(33-39)53(44)57)50-32-37-19-9-8-18-36(37)30-46(50)56(45,2)3/h4-33H,1-3H3. The van der Waals surface area contributed by atoms with Crippen LogP contribution in [0.15, 0.2) is 182 Å². The second kappa shape index (κ2) is 12.3. The Hall–Kier alpha value is -6.88. The fraction of sp³-hybridized carbons (Fsp3) is 0.0714. The highest BCUT2D eigenvalue weighted by atomic mass is 32.1. The van der Waals surface area contributed by atoms with Crippen LogP contribution in [0.2, 0.25) is 0 Å². The zero-order valence-corrected chi connectivity index (χ0v) is 34.5. The van der Waals surface area contributed by atoms with E-state index in [0.29, 0.717) is 0 Å². The molecule has 0 amide bonds. The summed E-state index contributed by atoms with van der Waals surface area (Å²) in [6, 6.07) is 68.7. The van der Waals surface area contributed by atoms with E-state index in [1.54, 1.807) is 0 Å². The molecule has 0 bridgehead atoms. The third-order valence-corrected chi connectivity index (χ3v) is 14.9. The van der Waals surface area contributed by atoms with Gasteiger partial charge in [-0.2, -0.15) is 0 Å². The number of aryl methyl sites for hydroxylation is 1. The molecule has 2 nitrogen and oxygen atoms in total. The number of anilines is 5. The van der Waals surface area contributed by atoms with Gasteiger partial charge in [0.25, 0.3) is 0 Å². The molecule has 0 unspecified atom stereocenters. The average Bonchev–Trinajstić information content (AvgIpc) is 3.67. The second-order valence-electron chi connectivity index (χ2n) is 17.3. The van der Waals surface area contributed by atoms with Crippen LogP contribution in [0.4, 0.5) is 28.4 Å². The van der Waals surface area contributed by atoms with E-state index in [1.807, 2.05) is 11.3 Å². The summed E-state index contributed by atoms with van der Waals surface area (Å²) in [6.07, 6.45) is 0. The van der Waals surface area contributed by atoms with Crippen LogP contribution in [0, 0.1) is 6.92 Å². The largest absolute Gasteiger partial charge is 0.375 e. The molecule has 0 N–H and O–H groups in total. The molecule has 0 fully saturated rings. The van der Waals surface area contributed by atoms with Crippen LogP contribution in [-0.4, -0.2) is 6.85 Å². The molecule has 60 heavy (non-hydrogen) atoms. The molecule has 10 aromatic rings. The van der Waals surface area contributed by atoms with Crippen molar-refractivity contribution < 1.29 is 0 Å². The van der Waals surface area contributed by atoms with Crippen molar-refractivity contribution >= 4 is 88.5 Å². The van der Waals surface area contributed by atoms with E-state index in [1.165, 1.54) is 120 Å². The van der Waals surface area contributed by atoms with Gasteiger partial charge in [-0.05, 0) is 116 Å². The maximum Gasteiger partial charge on any atom is 0.333 e. The Morgan fingerprint density at radius 1 is 0.483 bits per heavy atom. The summed E-state index contributed by atoms with van der Waals surface area (Å²) in [4.78, 5) is 5.37. The van der Waals surface area contributed by atoms with E-state index in [-0.39, 0.29) is 12.3 Å². The number of rotatable bonds is 3. The highest BCUT2D eigenvalue weighted by Crippen LogP contribution is 2.57. The van der Waals surface area contributed by atoms with Crippen molar-refractivity contribution in [3.63, 3.8) is 0 Å². The summed E-state index contributed by atoms with van der Waals surface area (Å²) in [5, 5.41) is 5.16. The quantitative estimate of drug-likeness (QED) is 0.165. The zero-order valence-electron chi connectivity index (χ0n) is 33.7. The van der Waals surface area contributed by atoms with Crippen molar-refractivity contribution in [3.8, 4) is 33.4 Å². The molecule has 13 rings (SSSR count). The topological polar surface area (TPSA) is 6.48 Å². The highest BCUT2D eigenvalue weighted by molar-refractivity contribution is 7.26. The first-order valence-corrected chi connectivity index (χ1v) is 21.9. The third kappa shape index (κ3) is 4.60. The van der Waals surface area contributed by atoms with E-state index >= 15 is 0 Å². The molecular formula is C56H39BN2S. The van der Waals surface area contributed by atoms with E-state index in [4.69, 9.17) is 0 Å². The first kappa shape index (κ1) is 34.0. The average molecular weight is 783 g/mol. The molecule has 4 heteroatoms. The van der Waals surface area contributed by atoms with Gasteiger partial charge < -0.3 is 9.71 Å². The van der Waals surface area contributed by atoms with Crippen LogP contribution in [-0.2, 0) is 5.41 Å². The number of para-hydroxylation sites is 1. The van der Waals surface area contributed by atoms with Crippen molar-refractivity contribution in [2.24, 2.45) is 0 Å². The van der Waals surface area contributed by atoms with E-state index in [2.05, 4.69) is 212 Å². The summed E-state index contributed by atoms with van der Waals surface area (Å²) in [7, 11) is 0. The lowest BCUT2D eigenvalue weighted by Crippen LogP contribution is -2.62. The van der Waals surface area contributed by atoms with Gasteiger partial charge in [0.1, 0.15) is 0 Å². The lowest BCUT2D eigenvalue weighted by atomic mass is 9.42. The molecule has 0 atom stereocenters. The van der Waals surface area contributed by atoms with Crippen LogP contribution in [0.5, 0.6) is 0 Å². The van der Waals surface area contributed by atoms with Crippen LogP contribution in [0.3, 0.4) is 0 Å². The smallest absolute Gasteiger partial charge is 0.333 e. The van der Waals surface area contributed by atoms with Gasteiger partial charge in [0.05, 0.1) is 10.4 Å². The SMILES string of the molecule is Cc1ccccc1-c1cc2c3c(c1)N1c4cc5ccccc5cc4C(C)(C)c4cccc(c41)B3N(c1cccc3c1sc1ccccc13)c1cc(-c3ccccc3)ccc1-2. The molecule has 0 saturated carbocycles. The third-order valence-electron chi connectivity index (χ3n) is 13.7. The van der Waals surface area contributed by atoms with Crippen molar-refractivity contribution in [1.29, 1.82) is 0 Å². The molecule has 0 spiro atoms. The molecule has 0 radical (unpaired) electrons. The lowest BCUT2D eigenvalue weighted by Gasteiger charge is -2.50. The number of fused-ring (bicyclic) bond motifs is 10. The molecule has 0 saturated heterocycles. The Morgan fingerprint density at radius 2 is 1.22 bits per heavy atom. The van der Waals surface area contributed by atoms with Gasteiger partial charge in [0.15, 0.2) is 0 Å². The molecule has 282 valence electrons. The number of nitrogens with zero attached hydrogens (tertiary/aromatic N) is 2. The predicted octanol–water partition coefficient (Wildman–Crippen LogP) is 14.2. The summed E-state index contributed by atoms with van der Waals surface area (Å²) >= 11 is 1.91. The number of hydrogen-bond acceptors (Lipinski definition) is 3. The van der Waals surface area contributed by atoms with Crippen LogP contribution < -0.4 is 20.6 Å². The highest BCUT2D eigenvalue weighted by Gasteiger charge is 2.50. The maximum atomic E-state index is 2.72. The van der Waals surface area contributed by atoms with Crippen LogP contribution in [0.25, 0.3) is 64.3 Å². The normalized spacial score (nSPS) is 14.3. The van der Waals surface area contributed by atoms with Gasteiger partial charge in [0, 0.05) is 49.2 Å². The Labute approximate surface area is 354 Å². The molecule has 9 aromatic carbocycles. The fourth-order valence-electron chi connectivity index (χ4n) is 10.9. The predicted molar refractivity (Wildman–Crippen MR) is 258 cm³/mol. The molecule has 0 aliphatic carbocycles. The molecule has 4 heterocycles. The van der Waals surface area contributed by atoms with Gasteiger partial charge in [-0.15, -0.1) is 11.3 Å². The van der Waals surface area contributed by atoms with Gasteiger partial charge >= 0.3 is 6.85 Å². The second-order valence-corrected chi connectivity index (χ2v) is 18.4. The van der Waals surface area contributed by atoms with Gasteiger partial charge in [-0.1, -0.05) is 153 Å². The number of benzene rings is 9. The lowest BCUT2D eigenvalue weighted by molar-refractivity contribution is 0.633. The summed E-state index contributed by atoms with van der Waals surface area (Å²) in [5.41, 5.74) is 20.3. The van der Waals surface area contributed by atoms with E-state index in [9.17, 15) is 0 Å². The molecule has 3 aliphatic heterocycles. The Kier molecular flexibility index (Phi) is 6.99. The van der Waals surface area contributed by atoms with Crippen molar-refractivity contribution in [2.45, 2.75) is 26.2 Å². The van der Waals surface area contributed by atoms with Gasteiger partial charge in [0.2, 0.25) is 0 Å². The summed E-state index contributed by atoms with van der Waals surface area (Å²) < 4.78 is 2.64. The van der Waals surface area contributed by atoms with Crippen LogP contribution in [0.1, 0.15) is 30.5 Å². The number of thiophene rings is 1. The Bertz CT molecular complexity index is 3450. The monoisotopic (exact) mass is 782 g/mol. The van der Waals surface area contributed by atoms with Crippen molar-refractivity contribution in [1.82, 2.24) is 0 Å². The summed E-state index contributed by atoms with van der Waals surface area (Å²) in [6.45, 7) is 7.01. The maximum absolute atomic E-state index is 2.72. The zero-order chi connectivity index (χ0) is 39.9. The molecular weight excluding hydrogens is 744 g/mol. The van der Waals surface area contributed by atoms with E-state index < -0.39 is 0 Å². The van der Waals surface area contributed by atoms with Crippen LogP contribution >= 0.6 is 11.3 Å². The number of hydrogen-bond donors (Lipinski definition) is 0.